The summed E-state index contributed by atoms with van der Waals surface area (Å²) in [5.41, 5.74) is 0.752. The van der Waals surface area contributed by atoms with Gasteiger partial charge in [-0.1, -0.05) is 23.7 Å². The number of rotatable bonds is 2. The van der Waals surface area contributed by atoms with Gasteiger partial charge in [-0.2, -0.15) is 0 Å². The summed E-state index contributed by atoms with van der Waals surface area (Å²) in [6.45, 7) is 2.81. The Morgan fingerprint density at radius 3 is 2.75 bits per heavy atom. The van der Waals surface area contributed by atoms with Crippen molar-refractivity contribution in [3.8, 4) is 0 Å². The van der Waals surface area contributed by atoms with Gasteiger partial charge in [-0.3, -0.25) is 0 Å². The average Bonchev–Trinajstić information content (AvgIpc) is 2.20. The lowest BCUT2D eigenvalue weighted by atomic mass is 9.87. The van der Waals surface area contributed by atoms with Gasteiger partial charge in [-0.25, -0.2) is 0 Å². The van der Waals surface area contributed by atoms with Crippen LogP contribution in [-0.4, -0.2) is 23.3 Å². The maximum absolute atomic E-state index is 10.0. The molecule has 0 radical (unpaired) electrons. The highest BCUT2D eigenvalue weighted by Gasteiger charge is 2.29. The van der Waals surface area contributed by atoms with Crippen molar-refractivity contribution in [2.75, 3.05) is 6.54 Å². The normalized spacial score (nSPS) is 30.3. The zero-order valence-corrected chi connectivity index (χ0v) is 10.3. The summed E-state index contributed by atoms with van der Waals surface area (Å²) in [6.07, 6.45) is 2.60. The summed E-state index contributed by atoms with van der Waals surface area (Å²) in [6, 6.07) is 8.29. The van der Waals surface area contributed by atoms with E-state index in [9.17, 15) is 5.11 Å². The van der Waals surface area contributed by atoms with Crippen molar-refractivity contribution in [2.45, 2.75) is 37.8 Å². The number of hydrogen-bond donors (Lipinski definition) is 2. The number of hydrogen-bond acceptors (Lipinski definition) is 2. The lowest BCUT2D eigenvalue weighted by Gasteiger charge is -2.35. The third-order valence-corrected chi connectivity index (χ3v) is 3.43. The minimum absolute atomic E-state index is 0.366. The van der Waals surface area contributed by atoms with Gasteiger partial charge >= 0.3 is 0 Å². The van der Waals surface area contributed by atoms with Gasteiger partial charge < -0.3 is 10.4 Å². The molecule has 2 rings (SSSR count). The lowest BCUT2D eigenvalue weighted by Crippen LogP contribution is -2.47. The van der Waals surface area contributed by atoms with Gasteiger partial charge in [0.2, 0.25) is 0 Å². The molecular formula is C13H18ClNO. The molecule has 2 nitrogen and oxygen atoms in total. The summed E-state index contributed by atoms with van der Waals surface area (Å²) in [4.78, 5) is 0. The van der Waals surface area contributed by atoms with Gasteiger partial charge in [0.05, 0.1) is 5.60 Å². The minimum atomic E-state index is -0.512. The average molecular weight is 240 g/mol. The quantitative estimate of drug-likeness (QED) is 0.831. The topological polar surface area (TPSA) is 32.3 Å². The maximum Gasteiger partial charge on any atom is 0.0646 e. The molecule has 2 N–H and O–H groups in total. The van der Waals surface area contributed by atoms with Crippen molar-refractivity contribution in [1.29, 1.82) is 0 Å². The molecule has 1 saturated heterocycles. The van der Waals surface area contributed by atoms with E-state index < -0.39 is 5.60 Å². The molecule has 3 heteroatoms. The van der Waals surface area contributed by atoms with Crippen LogP contribution in [-0.2, 0) is 6.42 Å². The number of benzene rings is 1. The fourth-order valence-corrected chi connectivity index (χ4v) is 2.43. The molecule has 16 heavy (non-hydrogen) atoms. The fourth-order valence-electron chi connectivity index (χ4n) is 2.30. The van der Waals surface area contributed by atoms with E-state index >= 15 is 0 Å². The highest BCUT2D eigenvalue weighted by Crippen LogP contribution is 2.23. The molecule has 1 aliphatic rings. The zero-order chi connectivity index (χ0) is 11.6. The van der Waals surface area contributed by atoms with Crippen LogP contribution >= 0.6 is 11.6 Å². The molecule has 1 aliphatic heterocycles. The van der Waals surface area contributed by atoms with Gasteiger partial charge in [0.15, 0.2) is 0 Å². The second kappa shape index (κ2) is 4.74. The molecule has 0 aliphatic carbocycles. The molecule has 1 aromatic rings. The number of aliphatic hydroxyl groups is 1. The van der Waals surface area contributed by atoms with Crippen LogP contribution in [0.4, 0.5) is 0 Å². The molecule has 0 aromatic heterocycles. The molecule has 1 heterocycles. The van der Waals surface area contributed by atoms with Crippen molar-refractivity contribution < 1.29 is 5.11 Å². The Morgan fingerprint density at radius 2 is 2.12 bits per heavy atom. The highest BCUT2D eigenvalue weighted by molar-refractivity contribution is 6.30. The first kappa shape index (κ1) is 11.9. The first-order valence-corrected chi connectivity index (χ1v) is 6.13. The molecule has 2 atom stereocenters. The lowest BCUT2D eigenvalue weighted by molar-refractivity contribution is 0.0136. The summed E-state index contributed by atoms with van der Waals surface area (Å²) in [5, 5.41) is 14.2. The van der Waals surface area contributed by atoms with E-state index in [1.807, 2.05) is 31.2 Å². The third kappa shape index (κ3) is 3.21. The van der Waals surface area contributed by atoms with Crippen LogP contribution < -0.4 is 5.32 Å². The second-order valence-electron chi connectivity index (χ2n) is 4.93. The molecule has 0 unspecified atom stereocenters. The predicted octanol–water partition coefficient (Wildman–Crippen LogP) is 2.39. The van der Waals surface area contributed by atoms with Crippen LogP contribution in [0.1, 0.15) is 25.3 Å². The molecule has 0 spiro atoms. The number of piperidine rings is 1. The Morgan fingerprint density at radius 1 is 1.44 bits per heavy atom. The summed E-state index contributed by atoms with van der Waals surface area (Å²) < 4.78 is 0. The van der Waals surface area contributed by atoms with Gasteiger partial charge in [0, 0.05) is 11.1 Å². The van der Waals surface area contributed by atoms with Gasteiger partial charge in [-0.05, 0) is 50.4 Å². The van der Waals surface area contributed by atoms with Crippen LogP contribution in [0.2, 0.25) is 5.02 Å². The van der Waals surface area contributed by atoms with E-state index in [0.29, 0.717) is 6.04 Å². The van der Waals surface area contributed by atoms with E-state index in [1.165, 1.54) is 5.56 Å². The van der Waals surface area contributed by atoms with Crippen LogP contribution in [0.5, 0.6) is 0 Å². The smallest absolute Gasteiger partial charge is 0.0646 e. The Bertz CT molecular complexity index is 347. The molecular weight excluding hydrogens is 222 g/mol. The van der Waals surface area contributed by atoms with Crippen LogP contribution in [0.15, 0.2) is 24.3 Å². The Hall–Kier alpha value is -0.570. The van der Waals surface area contributed by atoms with E-state index in [1.54, 1.807) is 0 Å². The monoisotopic (exact) mass is 239 g/mol. The van der Waals surface area contributed by atoms with E-state index in [-0.39, 0.29) is 0 Å². The second-order valence-corrected chi connectivity index (χ2v) is 5.37. The van der Waals surface area contributed by atoms with E-state index in [0.717, 1.165) is 30.8 Å². The van der Waals surface area contributed by atoms with Crippen molar-refractivity contribution >= 4 is 11.6 Å². The standard InChI is InChI=1S/C13H18ClNO/c1-13(16)6-7-15-12(9-13)8-10-2-4-11(14)5-3-10/h2-5,12,15-16H,6-9H2,1H3/t12-,13+/m0/s1. The van der Waals surface area contributed by atoms with E-state index in [2.05, 4.69) is 5.32 Å². The summed E-state index contributed by atoms with van der Waals surface area (Å²) >= 11 is 5.84. The van der Waals surface area contributed by atoms with Crippen molar-refractivity contribution in [1.82, 2.24) is 5.32 Å². The molecule has 0 amide bonds. The van der Waals surface area contributed by atoms with Crippen molar-refractivity contribution in [2.24, 2.45) is 0 Å². The number of halogens is 1. The van der Waals surface area contributed by atoms with Crippen LogP contribution in [0, 0.1) is 0 Å². The predicted molar refractivity (Wildman–Crippen MR) is 66.8 cm³/mol. The van der Waals surface area contributed by atoms with Gasteiger partial charge in [0.25, 0.3) is 0 Å². The molecule has 1 aromatic carbocycles. The Kier molecular flexibility index (Phi) is 3.53. The van der Waals surface area contributed by atoms with Gasteiger partial charge in [-0.15, -0.1) is 0 Å². The number of nitrogens with one attached hydrogen (secondary N) is 1. The first-order chi connectivity index (χ1) is 7.55. The molecule has 0 bridgehead atoms. The Labute approximate surface area is 102 Å². The Balaban J connectivity index is 1.97. The van der Waals surface area contributed by atoms with Crippen LogP contribution in [0.25, 0.3) is 0 Å². The van der Waals surface area contributed by atoms with Crippen LogP contribution in [0.3, 0.4) is 0 Å². The van der Waals surface area contributed by atoms with Gasteiger partial charge in [0.1, 0.15) is 0 Å². The largest absolute Gasteiger partial charge is 0.390 e. The molecule has 0 saturated carbocycles. The summed E-state index contributed by atoms with van der Waals surface area (Å²) in [5.74, 6) is 0. The zero-order valence-electron chi connectivity index (χ0n) is 9.54. The minimum Gasteiger partial charge on any atom is -0.390 e. The maximum atomic E-state index is 10.0. The fraction of sp³-hybridized carbons (Fsp3) is 0.538. The summed E-state index contributed by atoms with van der Waals surface area (Å²) in [7, 11) is 0. The van der Waals surface area contributed by atoms with Crippen molar-refractivity contribution in [3.05, 3.63) is 34.9 Å². The third-order valence-electron chi connectivity index (χ3n) is 3.18. The SMILES string of the molecule is C[C@@]1(O)CCN[C@@H](Cc2ccc(Cl)cc2)C1. The van der Waals surface area contributed by atoms with Crippen molar-refractivity contribution in [3.63, 3.8) is 0 Å². The first-order valence-electron chi connectivity index (χ1n) is 5.75. The molecule has 88 valence electrons. The highest BCUT2D eigenvalue weighted by atomic mass is 35.5. The molecule has 1 fully saturated rings. The van der Waals surface area contributed by atoms with E-state index in [4.69, 9.17) is 11.6 Å².